The molecule has 0 spiro atoms. The molecule has 6 nitrogen and oxygen atoms in total. The van der Waals surface area contributed by atoms with Gasteiger partial charge in [-0.3, -0.25) is 4.72 Å². The Kier molecular flexibility index (Phi) is 4.11. The van der Waals surface area contributed by atoms with Crippen LogP contribution in [0.4, 0.5) is 5.69 Å². The second kappa shape index (κ2) is 6.21. The van der Waals surface area contributed by atoms with E-state index < -0.39 is 10.0 Å². The van der Waals surface area contributed by atoms with E-state index in [9.17, 15) is 8.42 Å². The van der Waals surface area contributed by atoms with Crippen LogP contribution in [0.25, 0.3) is 10.8 Å². The fraction of sp³-hybridized carbons (Fsp3) is 0.333. The minimum atomic E-state index is -3.68. The van der Waals surface area contributed by atoms with Gasteiger partial charge in [0.05, 0.1) is 10.6 Å². The molecular formula is C18H19N3O3S2. The molecule has 8 heteroatoms. The number of hydrogen-bond acceptors (Lipinski definition) is 6. The molecule has 2 heterocycles. The zero-order chi connectivity index (χ0) is 18.5. The zero-order valence-electron chi connectivity index (χ0n) is 14.7. The highest BCUT2D eigenvalue weighted by atomic mass is 32.2. The van der Waals surface area contributed by atoms with Crippen LogP contribution in [0.5, 0.6) is 0 Å². The van der Waals surface area contributed by atoms with Gasteiger partial charge in [0.15, 0.2) is 0 Å². The summed E-state index contributed by atoms with van der Waals surface area (Å²) in [6.07, 6.45) is 2.15. The van der Waals surface area contributed by atoms with Crippen LogP contribution in [0.15, 0.2) is 32.9 Å². The molecule has 1 aromatic carbocycles. The van der Waals surface area contributed by atoms with Gasteiger partial charge in [-0.2, -0.15) is 0 Å². The number of nitrogens with one attached hydrogen (secondary N) is 1. The lowest BCUT2D eigenvalue weighted by molar-refractivity contribution is 0.509. The first-order valence-electron chi connectivity index (χ1n) is 8.38. The normalized spacial score (nSPS) is 14.6. The molecule has 1 saturated carbocycles. The fourth-order valence-corrected chi connectivity index (χ4v) is 5.36. The largest absolute Gasteiger partial charge is 0.420 e. The first kappa shape index (κ1) is 17.2. The van der Waals surface area contributed by atoms with Crippen LogP contribution in [0.3, 0.4) is 0 Å². The SMILES string of the molecule is Cc1cc(C)c(NS(=O)(=O)c2ccc(-c3nnc(C4CC4)o3)s2)c(C)c1. The summed E-state index contributed by atoms with van der Waals surface area (Å²) in [7, 11) is -3.68. The van der Waals surface area contributed by atoms with Gasteiger partial charge in [-0.05, 0) is 56.9 Å². The summed E-state index contributed by atoms with van der Waals surface area (Å²) in [6.45, 7) is 5.79. The molecule has 0 amide bonds. The molecule has 26 heavy (non-hydrogen) atoms. The Morgan fingerprint density at radius 3 is 2.46 bits per heavy atom. The van der Waals surface area contributed by atoms with Crippen LogP contribution in [0.2, 0.25) is 0 Å². The second-order valence-electron chi connectivity index (χ2n) is 6.72. The molecule has 0 radical (unpaired) electrons. The second-order valence-corrected chi connectivity index (χ2v) is 9.71. The molecule has 0 saturated heterocycles. The van der Waals surface area contributed by atoms with Gasteiger partial charge in [-0.15, -0.1) is 21.5 Å². The van der Waals surface area contributed by atoms with Crippen LogP contribution < -0.4 is 4.72 Å². The fourth-order valence-electron chi connectivity index (χ4n) is 2.93. The highest BCUT2D eigenvalue weighted by Crippen LogP contribution is 2.41. The first-order chi connectivity index (χ1) is 12.3. The van der Waals surface area contributed by atoms with Gasteiger partial charge in [-0.25, -0.2) is 8.42 Å². The first-order valence-corrected chi connectivity index (χ1v) is 10.7. The van der Waals surface area contributed by atoms with Crippen molar-refractivity contribution in [2.24, 2.45) is 0 Å². The third kappa shape index (κ3) is 3.26. The van der Waals surface area contributed by atoms with Crippen molar-refractivity contribution in [3.63, 3.8) is 0 Å². The number of nitrogens with zero attached hydrogens (tertiary/aromatic N) is 2. The van der Waals surface area contributed by atoms with E-state index in [0.29, 0.717) is 28.3 Å². The minimum absolute atomic E-state index is 0.220. The van der Waals surface area contributed by atoms with Gasteiger partial charge in [0.2, 0.25) is 5.89 Å². The molecule has 1 fully saturated rings. The molecule has 0 atom stereocenters. The molecule has 2 aromatic heterocycles. The van der Waals surface area contributed by atoms with Crippen LogP contribution in [0.1, 0.15) is 41.3 Å². The Balaban J connectivity index is 1.61. The summed E-state index contributed by atoms with van der Waals surface area (Å²) >= 11 is 1.13. The summed E-state index contributed by atoms with van der Waals surface area (Å²) in [5.41, 5.74) is 3.52. The molecule has 0 aliphatic heterocycles. The maximum absolute atomic E-state index is 12.8. The van der Waals surface area contributed by atoms with Gasteiger partial charge in [0.25, 0.3) is 15.9 Å². The quantitative estimate of drug-likeness (QED) is 0.699. The van der Waals surface area contributed by atoms with Crippen LogP contribution >= 0.6 is 11.3 Å². The van der Waals surface area contributed by atoms with Crippen molar-refractivity contribution in [1.29, 1.82) is 0 Å². The zero-order valence-corrected chi connectivity index (χ0v) is 16.4. The Hall–Kier alpha value is -2.19. The van der Waals surface area contributed by atoms with E-state index in [-0.39, 0.29) is 4.21 Å². The van der Waals surface area contributed by atoms with Crippen molar-refractivity contribution in [3.05, 3.63) is 46.8 Å². The average molecular weight is 390 g/mol. The predicted molar refractivity (Wildman–Crippen MR) is 101 cm³/mol. The summed E-state index contributed by atoms with van der Waals surface area (Å²) in [5, 5.41) is 8.09. The molecular weight excluding hydrogens is 370 g/mol. The lowest BCUT2D eigenvalue weighted by Crippen LogP contribution is -2.13. The number of thiophene rings is 1. The van der Waals surface area contributed by atoms with Crippen molar-refractivity contribution >= 4 is 27.0 Å². The third-order valence-corrected chi connectivity index (χ3v) is 7.25. The van der Waals surface area contributed by atoms with E-state index in [1.54, 1.807) is 12.1 Å². The van der Waals surface area contributed by atoms with Crippen molar-refractivity contribution < 1.29 is 12.8 Å². The summed E-state index contributed by atoms with van der Waals surface area (Å²) in [6, 6.07) is 7.20. The van der Waals surface area contributed by atoms with Gasteiger partial charge >= 0.3 is 0 Å². The number of benzene rings is 1. The van der Waals surface area contributed by atoms with Crippen LogP contribution in [-0.2, 0) is 10.0 Å². The Morgan fingerprint density at radius 1 is 1.12 bits per heavy atom. The smallest absolute Gasteiger partial charge is 0.271 e. The highest BCUT2D eigenvalue weighted by molar-refractivity contribution is 7.94. The van der Waals surface area contributed by atoms with Crippen molar-refractivity contribution in [2.45, 2.75) is 43.7 Å². The van der Waals surface area contributed by atoms with Gasteiger partial charge in [0, 0.05) is 5.92 Å². The molecule has 0 bridgehead atoms. The monoisotopic (exact) mass is 389 g/mol. The van der Waals surface area contributed by atoms with E-state index in [1.165, 1.54) is 0 Å². The standard InChI is InChI=1S/C18H19N3O3S2/c1-10-8-11(2)16(12(3)9-10)21-26(22,23)15-7-6-14(25-15)18-20-19-17(24-18)13-4-5-13/h6-9,13,21H,4-5H2,1-3H3. The number of sulfonamides is 1. The lowest BCUT2D eigenvalue weighted by Gasteiger charge is -2.13. The van der Waals surface area contributed by atoms with Gasteiger partial charge in [0.1, 0.15) is 4.21 Å². The number of hydrogen-bond donors (Lipinski definition) is 1. The lowest BCUT2D eigenvalue weighted by atomic mass is 10.1. The van der Waals surface area contributed by atoms with E-state index in [0.717, 1.165) is 40.9 Å². The molecule has 0 unspecified atom stereocenters. The molecule has 1 aliphatic carbocycles. The van der Waals surface area contributed by atoms with E-state index in [4.69, 9.17) is 4.42 Å². The number of anilines is 1. The molecule has 4 rings (SSSR count). The van der Waals surface area contributed by atoms with E-state index >= 15 is 0 Å². The summed E-state index contributed by atoms with van der Waals surface area (Å²) < 4.78 is 34.2. The minimum Gasteiger partial charge on any atom is -0.420 e. The number of aromatic nitrogens is 2. The summed E-state index contributed by atoms with van der Waals surface area (Å²) in [4.78, 5) is 0.655. The van der Waals surface area contributed by atoms with Crippen molar-refractivity contribution in [1.82, 2.24) is 10.2 Å². The molecule has 1 aliphatic rings. The van der Waals surface area contributed by atoms with Crippen molar-refractivity contribution in [3.8, 4) is 10.8 Å². The highest BCUT2D eigenvalue weighted by Gasteiger charge is 2.30. The van der Waals surface area contributed by atoms with E-state index in [1.807, 2.05) is 32.9 Å². The Bertz CT molecular complexity index is 1060. The van der Waals surface area contributed by atoms with Gasteiger partial charge in [-0.1, -0.05) is 17.7 Å². The summed E-state index contributed by atoms with van der Waals surface area (Å²) in [5.74, 6) is 1.39. The van der Waals surface area contributed by atoms with Crippen LogP contribution in [0, 0.1) is 20.8 Å². The van der Waals surface area contributed by atoms with Gasteiger partial charge < -0.3 is 4.42 Å². The van der Waals surface area contributed by atoms with Crippen molar-refractivity contribution in [2.75, 3.05) is 4.72 Å². The maximum atomic E-state index is 12.8. The Labute approximate surface area is 156 Å². The van der Waals surface area contributed by atoms with Crippen LogP contribution in [-0.4, -0.2) is 18.6 Å². The third-order valence-electron chi connectivity index (χ3n) is 4.34. The number of rotatable bonds is 5. The molecule has 136 valence electrons. The topological polar surface area (TPSA) is 85.1 Å². The average Bonchev–Trinajstić information content (AvgIpc) is 3.10. The molecule has 1 N–H and O–H groups in total. The van der Waals surface area contributed by atoms with E-state index in [2.05, 4.69) is 14.9 Å². The Morgan fingerprint density at radius 2 is 1.81 bits per heavy atom. The predicted octanol–water partition coefficient (Wildman–Crippen LogP) is 4.40. The molecule has 3 aromatic rings. The number of aryl methyl sites for hydroxylation is 3. The maximum Gasteiger partial charge on any atom is 0.271 e.